The van der Waals surface area contributed by atoms with E-state index in [1.54, 1.807) is 21.1 Å². The summed E-state index contributed by atoms with van der Waals surface area (Å²) < 4.78 is 0. The molecule has 0 aromatic rings. The number of unbranched alkanes of at least 4 members (excludes halogenated alkanes) is 5. The molecule has 0 amide bonds. The monoisotopic (exact) mass is 285 g/mol. The Hall–Kier alpha value is -0.910. The summed E-state index contributed by atoms with van der Waals surface area (Å²) in [5, 5.41) is 18.5. The van der Waals surface area contributed by atoms with Gasteiger partial charge >= 0.3 is 5.97 Å². The molecule has 0 aliphatic carbocycles. The Labute approximate surface area is 123 Å². The Balaban J connectivity index is 4.25. The number of likely N-dealkylation sites (N-methyl/N-ethyl adjacent to an activating group) is 3. The summed E-state index contributed by atoms with van der Waals surface area (Å²) in [6.07, 6.45) is 9.54. The van der Waals surface area contributed by atoms with Crippen molar-refractivity contribution in [1.82, 2.24) is 16.0 Å². The van der Waals surface area contributed by atoms with Crippen LogP contribution in [0.1, 0.15) is 44.9 Å². The van der Waals surface area contributed by atoms with E-state index in [4.69, 9.17) is 0 Å². The first kappa shape index (κ1) is 19.1. The number of allylic oxidation sites excluding steroid dienone is 1. The fourth-order valence-electron chi connectivity index (χ4n) is 2.61. The van der Waals surface area contributed by atoms with Crippen LogP contribution in [0.25, 0.3) is 0 Å². The molecule has 0 aliphatic rings. The lowest BCUT2D eigenvalue weighted by Crippen LogP contribution is -2.68. The molecule has 0 aromatic heterocycles. The average molecular weight is 285 g/mol. The highest BCUT2D eigenvalue weighted by Gasteiger charge is 2.39. The molecule has 1 atom stereocenters. The lowest BCUT2D eigenvalue weighted by Gasteiger charge is -2.38. The second-order valence-corrected chi connectivity index (χ2v) is 5.13. The van der Waals surface area contributed by atoms with Crippen LogP contribution in [0, 0.1) is 0 Å². The summed E-state index contributed by atoms with van der Waals surface area (Å²) in [7, 11) is 5.28. The van der Waals surface area contributed by atoms with Crippen molar-refractivity contribution in [3.05, 3.63) is 12.7 Å². The van der Waals surface area contributed by atoms with Crippen LogP contribution in [0.5, 0.6) is 0 Å². The quantitative estimate of drug-likeness (QED) is 0.235. The van der Waals surface area contributed by atoms with E-state index in [1.807, 2.05) is 6.08 Å². The average Bonchev–Trinajstić information content (AvgIpc) is 2.44. The second kappa shape index (κ2) is 10.8. The van der Waals surface area contributed by atoms with E-state index in [0.717, 1.165) is 25.7 Å². The Bertz CT molecular complexity index is 278. The predicted molar refractivity (Wildman–Crippen MR) is 83.8 cm³/mol. The van der Waals surface area contributed by atoms with Crippen molar-refractivity contribution in [1.29, 1.82) is 0 Å². The molecule has 0 rings (SSSR count). The van der Waals surface area contributed by atoms with Crippen molar-refractivity contribution in [2.45, 2.75) is 56.7 Å². The standard InChI is InChI=1S/C15H31N3O2/c1-5-6-7-8-9-10-11-12-15(17-3,18-4)13(16-2)14(19)20/h5,13,16-18H,1,6-12H2,2-4H3,(H,19,20). The summed E-state index contributed by atoms with van der Waals surface area (Å²) in [5.74, 6) is -0.845. The van der Waals surface area contributed by atoms with Gasteiger partial charge in [-0.05, 0) is 40.4 Å². The summed E-state index contributed by atoms with van der Waals surface area (Å²) in [6, 6.07) is -0.654. The van der Waals surface area contributed by atoms with Gasteiger partial charge in [-0.3, -0.25) is 4.79 Å². The van der Waals surface area contributed by atoms with Crippen LogP contribution in [-0.2, 0) is 4.79 Å². The highest BCUT2D eigenvalue weighted by molar-refractivity contribution is 5.75. The SMILES string of the molecule is C=CCCCCCCCC(NC)(NC)C(NC)C(=O)O. The summed E-state index contributed by atoms with van der Waals surface area (Å²) in [4.78, 5) is 11.4. The molecule has 0 spiro atoms. The Morgan fingerprint density at radius 1 is 1.15 bits per heavy atom. The van der Waals surface area contributed by atoms with Gasteiger partial charge in [-0.1, -0.05) is 31.8 Å². The molecular formula is C15H31N3O2. The first-order valence-electron chi connectivity index (χ1n) is 7.46. The highest BCUT2D eigenvalue weighted by atomic mass is 16.4. The Morgan fingerprint density at radius 3 is 2.15 bits per heavy atom. The zero-order chi connectivity index (χ0) is 15.4. The number of carboxylic acid groups (broad SMARTS) is 1. The summed E-state index contributed by atoms with van der Waals surface area (Å²) in [5.41, 5.74) is -0.609. The second-order valence-electron chi connectivity index (χ2n) is 5.13. The van der Waals surface area contributed by atoms with Gasteiger partial charge in [-0.15, -0.1) is 6.58 Å². The largest absolute Gasteiger partial charge is 0.480 e. The van der Waals surface area contributed by atoms with Crippen LogP contribution < -0.4 is 16.0 Å². The van der Waals surface area contributed by atoms with Crippen LogP contribution in [0.3, 0.4) is 0 Å². The normalized spacial score (nSPS) is 13.2. The molecule has 5 nitrogen and oxygen atoms in total. The van der Waals surface area contributed by atoms with Gasteiger partial charge in [-0.25, -0.2) is 0 Å². The van der Waals surface area contributed by atoms with Crippen molar-refractivity contribution in [2.75, 3.05) is 21.1 Å². The highest BCUT2D eigenvalue weighted by Crippen LogP contribution is 2.17. The predicted octanol–water partition coefficient (Wildman–Crippen LogP) is 1.71. The maximum atomic E-state index is 11.4. The van der Waals surface area contributed by atoms with Gasteiger partial charge in [0.15, 0.2) is 0 Å². The Kier molecular flexibility index (Phi) is 10.3. The smallest absolute Gasteiger partial charge is 0.324 e. The van der Waals surface area contributed by atoms with E-state index in [2.05, 4.69) is 22.5 Å². The summed E-state index contributed by atoms with van der Waals surface area (Å²) in [6.45, 7) is 3.72. The minimum absolute atomic E-state index is 0.609. The molecule has 0 radical (unpaired) electrons. The minimum Gasteiger partial charge on any atom is -0.480 e. The molecule has 0 fully saturated rings. The van der Waals surface area contributed by atoms with Crippen LogP contribution in [0.2, 0.25) is 0 Å². The lowest BCUT2D eigenvalue weighted by molar-refractivity contribution is -0.142. The topological polar surface area (TPSA) is 73.4 Å². The molecular weight excluding hydrogens is 254 g/mol. The molecule has 1 unspecified atom stereocenters. The lowest BCUT2D eigenvalue weighted by atomic mass is 9.93. The number of hydrogen-bond acceptors (Lipinski definition) is 4. The molecule has 0 saturated heterocycles. The van der Waals surface area contributed by atoms with E-state index in [0.29, 0.717) is 0 Å². The van der Waals surface area contributed by atoms with Crippen LogP contribution in [0.4, 0.5) is 0 Å². The van der Waals surface area contributed by atoms with E-state index < -0.39 is 17.7 Å². The zero-order valence-corrected chi connectivity index (χ0v) is 13.2. The van der Waals surface area contributed by atoms with Crippen molar-refractivity contribution in [3.63, 3.8) is 0 Å². The van der Waals surface area contributed by atoms with E-state index >= 15 is 0 Å². The third-order valence-corrected chi connectivity index (χ3v) is 3.90. The van der Waals surface area contributed by atoms with Crippen molar-refractivity contribution < 1.29 is 9.90 Å². The van der Waals surface area contributed by atoms with Gasteiger partial charge in [0.05, 0.1) is 5.66 Å². The molecule has 0 aliphatic heterocycles. The van der Waals surface area contributed by atoms with Gasteiger partial charge in [0.25, 0.3) is 0 Å². The fourth-order valence-corrected chi connectivity index (χ4v) is 2.61. The maximum absolute atomic E-state index is 11.4. The number of carboxylic acids is 1. The van der Waals surface area contributed by atoms with Crippen LogP contribution >= 0.6 is 0 Å². The zero-order valence-electron chi connectivity index (χ0n) is 13.2. The van der Waals surface area contributed by atoms with Gasteiger partial charge in [-0.2, -0.15) is 0 Å². The van der Waals surface area contributed by atoms with E-state index in [9.17, 15) is 9.90 Å². The fraction of sp³-hybridized carbons (Fsp3) is 0.800. The number of hydrogen-bond donors (Lipinski definition) is 4. The molecule has 0 aromatic carbocycles. The van der Waals surface area contributed by atoms with Crippen LogP contribution in [0.15, 0.2) is 12.7 Å². The molecule has 20 heavy (non-hydrogen) atoms. The first-order valence-corrected chi connectivity index (χ1v) is 7.46. The molecule has 0 bridgehead atoms. The third kappa shape index (κ3) is 6.03. The van der Waals surface area contributed by atoms with Crippen molar-refractivity contribution in [3.8, 4) is 0 Å². The molecule has 0 saturated carbocycles. The molecule has 5 heteroatoms. The van der Waals surface area contributed by atoms with Gasteiger partial charge in [0.1, 0.15) is 6.04 Å². The number of rotatable bonds is 13. The molecule has 118 valence electrons. The summed E-state index contributed by atoms with van der Waals surface area (Å²) >= 11 is 0. The number of nitrogens with one attached hydrogen (secondary N) is 3. The number of aliphatic carboxylic acids is 1. The van der Waals surface area contributed by atoms with Crippen molar-refractivity contribution >= 4 is 5.97 Å². The third-order valence-electron chi connectivity index (χ3n) is 3.90. The van der Waals surface area contributed by atoms with Crippen molar-refractivity contribution in [2.24, 2.45) is 0 Å². The first-order chi connectivity index (χ1) is 9.57. The number of carbonyl (C=O) groups is 1. The van der Waals surface area contributed by atoms with Crippen LogP contribution in [-0.4, -0.2) is 43.9 Å². The molecule has 0 heterocycles. The van der Waals surface area contributed by atoms with E-state index in [-0.39, 0.29) is 0 Å². The maximum Gasteiger partial charge on any atom is 0.324 e. The molecule has 4 N–H and O–H groups in total. The Morgan fingerprint density at radius 2 is 1.70 bits per heavy atom. The van der Waals surface area contributed by atoms with E-state index in [1.165, 1.54) is 19.3 Å². The van der Waals surface area contributed by atoms with Gasteiger partial charge < -0.3 is 21.1 Å². The van der Waals surface area contributed by atoms with Gasteiger partial charge in [0, 0.05) is 0 Å². The van der Waals surface area contributed by atoms with Gasteiger partial charge in [0.2, 0.25) is 0 Å². The minimum atomic E-state index is -0.845.